The maximum Gasteiger partial charge on any atom is 0.224 e. The van der Waals surface area contributed by atoms with Gasteiger partial charge >= 0.3 is 0 Å². The largest absolute Gasteiger partial charge is 0.378 e. The van der Waals surface area contributed by atoms with Crippen LogP contribution in [-0.4, -0.2) is 60.2 Å². The van der Waals surface area contributed by atoms with Gasteiger partial charge in [0.1, 0.15) is 11.6 Å². The van der Waals surface area contributed by atoms with Crippen molar-refractivity contribution in [2.24, 2.45) is 5.92 Å². The minimum atomic E-state index is 0.146. The zero-order valence-electron chi connectivity index (χ0n) is 17.3. The van der Waals surface area contributed by atoms with Gasteiger partial charge in [-0.15, -0.1) is 0 Å². The molecular weight excluding hydrogens is 411 g/mol. The fraction of sp³-hybridized carbons (Fsp3) is 0.571. The quantitative estimate of drug-likeness (QED) is 0.647. The zero-order valence-corrected chi connectivity index (χ0v) is 18.8. The van der Waals surface area contributed by atoms with Crippen molar-refractivity contribution in [2.45, 2.75) is 33.6 Å². The van der Waals surface area contributed by atoms with Crippen LogP contribution in [0.15, 0.2) is 12.1 Å². The molecule has 2 heterocycles. The summed E-state index contributed by atoms with van der Waals surface area (Å²) in [5.41, 5.74) is 0.700. The summed E-state index contributed by atoms with van der Waals surface area (Å²) in [7, 11) is 0. The minimum absolute atomic E-state index is 0.146. The second kappa shape index (κ2) is 9.92. The van der Waals surface area contributed by atoms with E-state index in [0.717, 1.165) is 23.6 Å². The Morgan fingerprint density at radius 1 is 1.24 bits per heavy atom. The Labute approximate surface area is 182 Å². The molecule has 1 saturated heterocycles. The number of hydrogen-bond donors (Lipinski definition) is 0. The highest BCUT2D eigenvalue weighted by Gasteiger charge is 2.21. The molecule has 1 aromatic heterocycles. The first kappa shape index (κ1) is 22.1. The van der Waals surface area contributed by atoms with Crippen molar-refractivity contribution < 1.29 is 9.53 Å². The lowest BCUT2D eigenvalue weighted by atomic mass is 10.1. The van der Waals surface area contributed by atoms with E-state index in [1.165, 1.54) is 0 Å². The van der Waals surface area contributed by atoms with Crippen LogP contribution in [-0.2, 0) is 16.0 Å². The Morgan fingerprint density at radius 2 is 1.97 bits per heavy atom. The number of carbonyl (C=O) groups excluding carboxylic acids is 1. The SMILES string of the molecule is CCc1nc(N(CCC(=O)N2CCOCC2)CC(C)C)c2cc(Cl)cc(Cl)c2n1. The molecule has 3 rings (SSSR count). The molecule has 1 aliphatic heterocycles. The molecule has 1 aliphatic rings. The molecule has 29 heavy (non-hydrogen) atoms. The number of rotatable bonds is 7. The van der Waals surface area contributed by atoms with Crippen LogP contribution in [0.4, 0.5) is 5.82 Å². The number of nitrogens with zero attached hydrogens (tertiary/aromatic N) is 4. The molecule has 0 spiro atoms. The fourth-order valence-corrected chi connectivity index (χ4v) is 4.05. The summed E-state index contributed by atoms with van der Waals surface area (Å²) >= 11 is 12.7. The molecule has 1 fully saturated rings. The van der Waals surface area contributed by atoms with Crippen LogP contribution in [0.25, 0.3) is 10.9 Å². The average molecular weight is 439 g/mol. The molecule has 1 aromatic carbocycles. The molecule has 6 nitrogen and oxygen atoms in total. The van der Waals surface area contributed by atoms with Crippen LogP contribution in [0.5, 0.6) is 0 Å². The summed E-state index contributed by atoms with van der Waals surface area (Å²) < 4.78 is 5.35. The van der Waals surface area contributed by atoms with Gasteiger partial charge in [0.2, 0.25) is 5.91 Å². The van der Waals surface area contributed by atoms with Gasteiger partial charge in [0.25, 0.3) is 0 Å². The van der Waals surface area contributed by atoms with Crippen LogP contribution in [0.3, 0.4) is 0 Å². The number of anilines is 1. The Hall–Kier alpha value is -1.63. The molecule has 0 radical (unpaired) electrons. The van der Waals surface area contributed by atoms with Crippen LogP contribution in [0.2, 0.25) is 10.0 Å². The summed E-state index contributed by atoms with van der Waals surface area (Å²) in [5, 5.41) is 1.88. The van der Waals surface area contributed by atoms with Gasteiger partial charge in [-0.25, -0.2) is 9.97 Å². The molecule has 0 unspecified atom stereocenters. The van der Waals surface area contributed by atoms with E-state index >= 15 is 0 Å². The van der Waals surface area contributed by atoms with E-state index in [-0.39, 0.29) is 5.91 Å². The van der Waals surface area contributed by atoms with E-state index in [1.807, 2.05) is 17.9 Å². The molecule has 8 heteroatoms. The van der Waals surface area contributed by atoms with E-state index in [2.05, 4.69) is 23.7 Å². The lowest BCUT2D eigenvalue weighted by molar-refractivity contribution is -0.135. The highest BCUT2D eigenvalue weighted by atomic mass is 35.5. The normalized spacial score (nSPS) is 14.6. The van der Waals surface area contributed by atoms with Crippen molar-refractivity contribution in [3.8, 4) is 0 Å². The van der Waals surface area contributed by atoms with E-state index in [9.17, 15) is 4.79 Å². The summed E-state index contributed by atoms with van der Waals surface area (Å²) in [4.78, 5) is 26.1. The molecule has 1 amide bonds. The molecule has 0 bridgehead atoms. The van der Waals surface area contributed by atoms with Crippen LogP contribution in [0.1, 0.15) is 33.0 Å². The van der Waals surface area contributed by atoms with Gasteiger partial charge in [-0.05, 0) is 18.1 Å². The Kier molecular flexibility index (Phi) is 7.55. The Morgan fingerprint density at radius 3 is 2.62 bits per heavy atom. The predicted octanol–water partition coefficient (Wildman–Crippen LogP) is 4.21. The highest BCUT2D eigenvalue weighted by Crippen LogP contribution is 2.32. The van der Waals surface area contributed by atoms with E-state index in [4.69, 9.17) is 32.9 Å². The van der Waals surface area contributed by atoms with Crippen LogP contribution >= 0.6 is 23.2 Å². The van der Waals surface area contributed by atoms with Crippen LogP contribution in [0, 0.1) is 5.92 Å². The number of aryl methyl sites for hydroxylation is 1. The number of benzene rings is 1. The summed E-state index contributed by atoms with van der Waals surface area (Å²) in [6, 6.07) is 3.56. The molecule has 158 valence electrons. The van der Waals surface area contributed by atoms with Crippen molar-refractivity contribution in [1.29, 1.82) is 0 Å². The maximum absolute atomic E-state index is 12.7. The molecule has 0 aliphatic carbocycles. The van der Waals surface area contributed by atoms with Gasteiger partial charge in [0.15, 0.2) is 0 Å². The minimum Gasteiger partial charge on any atom is -0.378 e. The topological polar surface area (TPSA) is 58.6 Å². The highest BCUT2D eigenvalue weighted by molar-refractivity contribution is 6.38. The third-order valence-electron chi connectivity index (χ3n) is 4.91. The first-order valence-electron chi connectivity index (χ1n) is 10.1. The number of carbonyl (C=O) groups is 1. The third kappa shape index (κ3) is 5.50. The molecular formula is C21H28Cl2N4O2. The Bertz CT molecular complexity index is 869. The summed E-state index contributed by atoms with van der Waals surface area (Å²) in [6.45, 7) is 10.2. The number of amides is 1. The molecule has 0 N–H and O–H groups in total. The maximum atomic E-state index is 12.7. The number of morpholine rings is 1. The smallest absolute Gasteiger partial charge is 0.224 e. The third-order valence-corrected chi connectivity index (χ3v) is 5.41. The number of aromatic nitrogens is 2. The van der Waals surface area contributed by atoms with Gasteiger partial charge in [0, 0.05) is 49.4 Å². The first-order valence-corrected chi connectivity index (χ1v) is 10.9. The van der Waals surface area contributed by atoms with Crippen molar-refractivity contribution in [1.82, 2.24) is 14.9 Å². The van der Waals surface area contributed by atoms with Crippen molar-refractivity contribution in [3.05, 3.63) is 28.0 Å². The molecule has 2 aromatic rings. The summed E-state index contributed by atoms with van der Waals surface area (Å²) in [6.07, 6.45) is 1.12. The number of ether oxygens (including phenoxy) is 1. The van der Waals surface area contributed by atoms with Crippen molar-refractivity contribution in [3.63, 3.8) is 0 Å². The van der Waals surface area contributed by atoms with Gasteiger partial charge in [-0.3, -0.25) is 4.79 Å². The Balaban J connectivity index is 1.93. The summed E-state index contributed by atoms with van der Waals surface area (Å²) in [5.74, 6) is 2.06. The lowest BCUT2D eigenvalue weighted by Gasteiger charge is -2.30. The predicted molar refractivity (Wildman–Crippen MR) is 118 cm³/mol. The van der Waals surface area contributed by atoms with Gasteiger partial charge in [0.05, 0.1) is 23.8 Å². The monoisotopic (exact) mass is 438 g/mol. The van der Waals surface area contributed by atoms with Gasteiger partial charge in [-0.1, -0.05) is 44.0 Å². The standard InChI is InChI=1S/C21H28Cl2N4O2/c1-4-18-24-20-16(11-15(22)12-17(20)23)21(25-18)27(13-14(2)3)6-5-19(28)26-7-9-29-10-8-26/h11-12,14H,4-10,13H2,1-3H3. The number of hydrogen-bond acceptors (Lipinski definition) is 5. The van der Waals surface area contributed by atoms with Crippen molar-refractivity contribution in [2.75, 3.05) is 44.3 Å². The van der Waals surface area contributed by atoms with Gasteiger partial charge in [-0.2, -0.15) is 0 Å². The number of halogens is 2. The van der Waals surface area contributed by atoms with Crippen LogP contribution < -0.4 is 4.90 Å². The average Bonchev–Trinajstić information content (AvgIpc) is 2.70. The molecule has 0 atom stereocenters. The lowest BCUT2D eigenvalue weighted by Crippen LogP contribution is -2.42. The molecule has 0 saturated carbocycles. The second-order valence-electron chi connectivity index (χ2n) is 7.68. The number of fused-ring (bicyclic) bond motifs is 1. The van der Waals surface area contributed by atoms with E-state index in [1.54, 1.807) is 6.07 Å². The zero-order chi connectivity index (χ0) is 21.0. The van der Waals surface area contributed by atoms with Crippen molar-refractivity contribution >= 4 is 45.8 Å². The van der Waals surface area contributed by atoms with Gasteiger partial charge < -0.3 is 14.5 Å². The first-order chi connectivity index (χ1) is 13.9. The van der Waals surface area contributed by atoms with E-state index < -0.39 is 0 Å². The second-order valence-corrected chi connectivity index (χ2v) is 8.53. The fourth-order valence-electron chi connectivity index (χ4n) is 3.51. The van der Waals surface area contributed by atoms with E-state index in [0.29, 0.717) is 67.2 Å².